The van der Waals surface area contributed by atoms with Gasteiger partial charge in [-0.1, -0.05) is 60.7 Å². The Morgan fingerprint density at radius 3 is 1.07 bits per heavy atom. The van der Waals surface area contributed by atoms with Gasteiger partial charge >= 0.3 is 0 Å². The van der Waals surface area contributed by atoms with Gasteiger partial charge < -0.3 is 58.3 Å². The highest BCUT2D eigenvalue weighted by atomic mass is 16.9. The van der Waals surface area contributed by atoms with Crippen LogP contribution in [-0.2, 0) is 51.1 Å². The van der Waals surface area contributed by atoms with Crippen LogP contribution in [0.4, 0.5) is 0 Å². The summed E-state index contributed by atoms with van der Waals surface area (Å²) >= 11 is 0. The maximum atomic E-state index is 10.1. The summed E-state index contributed by atoms with van der Waals surface area (Å²) in [6.45, 7) is -0.862. The normalized spacial score (nSPS) is 45.8. The number of rotatable bonds is 6. The lowest BCUT2D eigenvalue weighted by Crippen LogP contribution is -2.75. The SMILES string of the molecule is O[C@@H]1C2OC3O[C@@H]1C(OCc1ccccc1)[C@H](O3)[C@@H]2O.O[C@H]1C2OC3O[C@@H]1C(OCc1ccccc1)[C@H](O3)[C@H]2O. The largest absolute Gasteiger partial charge is 0.387 e. The monoisotopic (exact) mass is 560 g/mol. The fourth-order valence-corrected chi connectivity index (χ4v) is 6.13. The third-order valence-corrected chi connectivity index (χ3v) is 8.17. The standard InChI is InChI=1S/2C14H16O6/c2*15-8-10-9(16)12-13(11(8)19-14(18-10)20-12)17-6-7-4-2-1-3-5-7/h2*1-5,8-16H,6H2/t2*8-,9-,10?,11-,12+,13?,14?/m10/s1. The molecule has 0 amide bonds. The van der Waals surface area contributed by atoms with E-state index in [9.17, 15) is 20.4 Å². The predicted molar refractivity (Wildman–Crippen MR) is 131 cm³/mol. The maximum Gasteiger partial charge on any atom is 0.272 e. The molecule has 8 fully saturated rings. The number of benzene rings is 2. The van der Waals surface area contributed by atoms with Crippen molar-refractivity contribution in [2.75, 3.05) is 0 Å². The van der Waals surface area contributed by atoms with Crippen molar-refractivity contribution in [3.8, 4) is 0 Å². The van der Waals surface area contributed by atoms with E-state index in [1.165, 1.54) is 0 Å². The van der Waals surface area contributed by atoms with Gasteiger partial charge in [0.1, 0.15) is 73.2 Å². The van der Waals surface area contributed by atoms with E-state index in [2.05, 4.69) is 0 Å². The molecule has 0 radical (unpaired) electrons. The number of aliphatic hydroxyl groups is 4. The van der Waals surface area contributed by atoms with Gasteiger partial charge in [0.25, 0.3) is 13.0 Å². The molecule has 2 saturated carbocycles. The van der Waals surface area contributed by atoms with Crippen molar-refractivity contribution < 1.29 is 58.3 Å². The second kappa shape index (κ2) is 11.0. The molecule has 8 aliphatic rings. The zero-order chi connectivity index (χ0) is 27.4. The minimum atomic E-state index is -0.901. The van der Waals surface area contributed by atoms with Crippen molar-refractivity contribution in [1.82, 2.24) is 0 Å². The Morgan fingerprint density at radius 2 is 0.750 bits per heavy atom. The van der Waals surface area contributed by atoms with Crippen molar-refractivity contribution in [3.63, 3.8) is 0 Å². The molecule has 2 aliphatic carbocycles. The molecule has 2 aromatic carbocycles. The molecule has 216 valence electrons. The molecule has 12 nitrogen and oxygen atoms in total. The summed E-state index contributed by atoms with van der Waals surface area (Å²) in [5.41, 5.74) is 2.03. The Bertz CT molecular complexity index is 1010. The minimum absolute atomic E-state index is 0.376. The summed E-state index contributed by atoms with van der Waals surface area (Å²) in [6.07, 6.45) is -8.02. The van der Waals surface area contributed by atoms with Crippen molar-refractivity contribution in [3.05, 3.63) is 71.8 Å². The molecule has 6 heterocycles. The number of hydrogen-bond acceptors (Lipinski definition) is 12. The van der Waals surface area contributed by atoms with Gasteiger partial charge in [0.05, 0.1) is 13.2 Å². The van der Waals surface area contributed by atoms with Crippen LogP contribution in [0.25, 0.3) is 0 Å². The van der Waals surface area contributed by atoms with Gasteiger partial charge in [0.15, 0.2) is 0 Å². The average molecular weight is 561 g/mol. The second-order valence-corrected chi connectivity index (χ2v) is 10.7. The van der Waals surface area contributed by atoms with Crippen LogP contribution in [0.3, 0.4) is 0 Å². The highest BCUT2D eigenvalue weighted by Gasteiger charge is 2.63. The second-order valence-electron chi connectivity index (χ2n) is 10.7. The zero-order valence-corrected chi connectivity index (χ0v) is 21.3. The van der Waals surface area contributed by atoms with Crippen LogP contribution >= 0.6 is 0 Å². The number of hydrogen-bond donors (Lipinski definition) is 4. The smallest absolute Gasteiger partial charge is 0.272 e. The molecule has 6 unspecified atom stereocenters. The molecule has 6 aliphatic heterocycles. The Kier molecular flexibility index (Phi) is 7.37. The third-order valence-electron chi connectivity index (χ3n) is 8.17. The Balaban J connectivity index is 0.000000132. The summed E-state index contributed by atoms with van der Waals surface area (Å²) in [7, 11) is 0. The highest BCUT2D eigenvalue weighted by Crippen LogP contribution is 2.42. The van der Waals surface area contributed by atoms with Crippen LogP contribution in [0.15, 0.2) is 60.7 Å². The molecule has 12 heteroatoms. The molecule has 4 N–H and O–H groups in total. The molecule has 0 aromatic heterocycles. The van der Waals surface area contributed by atoms with E-state index in [1.807, 2.05) is 60.7 Å². The summed E-state index contributed by atoms with van der Waals surface area (Å²) in [6, 6.07) is 19.4. The average Bonchev–Trinajstić information content (AvgIpc) is 2.98. The van der Waals surface area contributed by atoms with Crippen LogP contribution in [0.1, 0.15) is 11.1 Å². The minimum Gasteiger partial charge on any atom is -0.387 e. The van der Waals surface area contributed by atoms with Gasteiger partial charge in [0.2, 0.25) is 0 Å². The quantitative estimate of drug-likeness (QED) is 0.362. The number of aliphatic hydroxyl groups excluding tert-OH is 4. The van der Waals surface area contributed by atoms with Gasteiger partial charge in [-0.25, -0.2) is 0 Å². The van der Waals surface area contributed by atoms with Crippen molar-refractivity contribution in [2.24, 2.45) is 0 Å². The summed E-state index contributed by atoms with van der Waals surface area (Å²) in [5, 5.41) is 40.5. The summed E-state index contributed by atoms with van der Waals surface area (Å²) in [4.78, 5) is 0. The molecular weight excluding hydrogens is 528 g/mol. The Labute approximate surface area is 229 Å². The first-order valence-electron chi connectivity index (χ1n) is 13.4. The molecule has 0 spiro atoms. The van der Waals surface area contributed by atoms with Gasteiger partial charge in [-0.2, -0.15) is 0 Å². The van der Waals surface area contributed by atoms with Gasteiger partial charge in [-0.05, 0) is 11.1 Å². The van der Waals surface area contributed by atoms with Crippen LogP contribution in [0.5, 0.6) is 0 Å². The van der Waals surface area contributed by atoms with Crippen molar-refractivity contribution in [2.45, 2.75) is 99.4 Å². The van der Waals surface area contributed by atoms with E-state index in [0.29, 0.717) is 13.2 Å². The lowest BCUT2D eigenvalue weighted by Gasteiger charge is -2.56. The summed E-state index contributed by atoms with van der Waals surface area (Å²) in [5.74, 6) is 0. The van der Waals surface area contributed by atoms with E-state index in [1.54, 1.807) is 0 Å². The van der Waals surface area contributed by atoms with Crippen molar-refractivity contribution >= 4 is 0 Å². The number of ether oxygens (including phenoxy) is 8. The molecule has 2 aromatic rings. The van der Waals surface area contributed by atoms with Gasteiger partial charge in [0, 0.05) is 0 Å². The molecular formula is C28H32O12. The first-order valence-corrected chi connectivity index (χ1v) is 13.4. The fraction of sp³-hybridized carbons (Fsp3) is 0.571. The molecule has 8 bridgehead atoms. The first kappa shape index (κ1) is 26.8. The predicted octanol–water partition coefficient (Wildman–Crippen LogP) is -0.453. The van der Waals surface area contributed by atoms with Crippen molar-refractivity contribution in [1.29, 1.82) is 0 Å². The van der Waals surface area contributed by atoms with E-state index < -0.39 is 86.2 Å². The lowest BCUT2D eigenvalue weighted by molar-refractivity contribution is -0.484. The topological polar surface area (TPSA) is 155 Å². The van der Waals surface area contributed by atoms with E-state index in [-0.39, 0.29) is 0 Å². The van der Waals surface area contributed by atoms with Crippen LogP contribution < -0.4 is 0 Å². The zero-order valence-electron chi connectivity index (χ0n) is 21.3. The van der Waals surface area contributed by atoms with Crippen LogP contribution in [-0.4, -0.2) is 107 Å². The molecule has 10 rings (SSSR count). The molecule has 14 atom stereocenters. The lowest BCUT2D eigenvalue weighted by atomic mass is 9.82. The van der Waals surface area contributed by atoms with Crippen LogP contribution in [0.2, 0.25) is 0 Å². The Morgan fingerprint density at radius 1 is 0.450 bits per heavy atom. The van der Waals surface area contributed by atoms with E-state index >= 15 is 0 Å². The summed E-state index contributed by atoms with van der Waals surface area (Å²) < 4.78 is 44.0. The maximum absolute atomic E-state index is 10.1. The van der Waals surface area contributed by atoms with Gasteiger partial charge in [-0.15, -0.1) is 0 Å². The van der Waals surface area contributed by atoms with E-state index in [0.717, 1.165) is 11.1 Å². The Hall–Kier alpha value is -2.04. The molecule has 40 heavy (non-hydrogen) atoms. The van der Waals surface area contributed by atoms with E-state index in [4.69, 9.17) is 37.9 Å². The van der Waals surface area contributed by atoms with Gasteiger partial charge in [-0.3, -0.25) is 0 Å². The fourth-order valence-electron chi connectivity index (χ4n) is 6.13. The van der Waals surface area contributed by atoms with Crippen LogP contribution in [0, 0.1) is 0 Å². The molecule has 6 saturated heterocycles. The third kappa shape index (κ3) is 4.77. The first-order chi connectivity index (χ1) is 19.5. The highest BCUT2D eigenvalue weighted by molar-refractivity contribution is 5.15.